The molecule has 0 fully saturated rings. The van der Waals surface area contributed by atoms with Crippen molar-refractivity contribution >= 4 is 28.5 Å². The van der Waals surface area contributed by atoms with Crippen molar-refractivity contribution in [1.29, 1.82) is 0 Å². The Morgan fingerprint density at radius 2 is 1.82 bits per heavy atom. The number of benzene rings is 2. The highest BCUT2D eigenvalue weighted by Crippen LogP contribution is 2.41. The van der Waals surface area contributed by atoms with E-state index in [9.17, 15) is 4.79 Å². The molecule has 0 amide bonds. The number of fused-ring (bicyclic) bond motifs is 2. The maximum Gasteiger partial charge on any atom is 0.203 e. The van der Waals surface area contributed by atoms with E-state index in [0.717, 1.165) is 69.2 Å². The van der Waals surface area contributed by atoms with E-state index in [1.54, 1.807) is 0 Å². The normalized spacial score (nSPS) is 14.0. The number of rotatable bonds is 3. The average Bonchev–Trinajstić information content (AvgIpc) is 2.71. The van der Waals surface area contributed by atoms with Crippen LogP contribution in [0.15, 0.2) is 58.5 Å². The number of hydrogen-bond acceptors (Lipinski definition) is 3. The number of aldehydes is 1. The molecule has 1 aromatic rings. The quantitative estimate of drug-likeness (QED) is 0.396. The molecule has 1 heterocycles. The third-order valence-electron chi connectivity index (χ3n) is 5.31. The Kier molecular flexibility index (Phi) is 4.63. The summed E-state index contributed by atoms with van der Waals surface area (Å²) in [5.41, 5.74) is 5.76. The van der Waals surface area contributed by atoms with Gasteiger partial charge in [0, 0.05) is 54.0 Å². The molecule has 0 radical (unpaired) electrons. The second-order valence-electron chi connectivity index (χ2n) is 7.60. The van der Waals surface area contributed by atoms with Crippen LogP contribution in [0.4, 0.5) is 5.69 Å². The Labute approximate surface area is 165 Å². The van der Waals surface area contributed by atoms with Gasteiger partial charge in [-0.3, -0.25) is 4.79 Å². The lowest BCUT2D eigenvalue weighted by Gasteiger charge is -2.20. The first-order valence-corrected chi connectivity index (χ1v) is 9.54. The fraction of sp³-hybridized carbons (Fsp3) is 0.250. The summed E-state index contributed by atoms with van der Waals surface area (Å²) in [5.74, 6) is 0.821. The Hall–Kier alpha value is -3.14. The SMILES string of the molecule is CN(C)c1ccc2c(C3=CCCC=C3C=O)c3ccc(=[N+](C)C)cc-3oc2c1. The molecule has 3 aliphatic rings. The van der Waals surface area contributed by atoms with Crippen LogP contribution in [0.3, 0.4) is 0 Å². The fourth-order valence-electron chi connectivity index (χ4n) is 3.77. The van der Waals surface area contributed by atoms with Gasteiger partial charge in [0.1, 0.15) is 31.7 Å². The smallest absolute Gasteiger partial charge is 0.203 e. The Morgan fingerprint density at radius 3 is 2.54 bits per heavy atom. The Morgan fingerprint density at radius 1 is 1.04 bits per heavy atom. The van der Waals surface area contributed by atoms with E-state index < -0.39 is 0 Å². The van der Waals surface area contributed by atoms with E-state index in [-0.39, 0.29) is 0 Å². The van der Waals surface area contributed by atoms with E-state index in [2.05, 4.69) is 51.9 Å². The molecule has 1 aromatic carbocycles. The minimum atomic E-state index is 0.758. The van der Waals surface area contributed by atoms with E-state index in [0.29, 0.717) is 0 Å². The van der Waals surface area contributed by atoms with Crippen LogP contribution in [0.1, 0.15) is 18.4 Å². The maximum absolute atomic E-state index is 11.8. The van der Waals surface area contributed by atoms with Crippen LogP contribution in [0.2, 0.25) is 0 Å². The molecule has 0 N–H and O–H groups in total. The molecular weight excluding hydrogens is 348 g/mol. The van der Waals surface area contributed by atoms with Gasteiger partial charge >= 0.3 is 0 Å². The predicted octanol–water partition coefficient (Wildman–Crippen LogP) is 3.94. The third-order valence-corrected chi connectivity index (χ3v) is 5.31. The number of carbonyl (C=O) groups is 1. The number of allylic oxidation sites excluding steroid dienone is 4. The fourth-order valence-corrected chi connectivity index (χ4v) is 3.77. The molecule has 0 saturated heterocycles. The molecular formula is C24H25N2O2+. The molecule has 0 saturated carbocycles. The molecule has 0 spiro atoms. The van der Waals surface area contributed by atoms with Crippen molar-refractivity contribution in [2.75, 3.05) is 33.1 Å². The van der Waals surface area contributed by atoms with Gasteiger partial charge in [-0.25, -0.2) is 4.58 Å². The maximum atomic E-state index is 11.8. The summed E-state index contributed by atoms with van der Waals surface area (Å²) in [6.07, 6.45) is 7.02. The zero-order chi connectivity index (χ0) is 19.8. The van der Waals surface area contributed by atoms with Gasteiger partial charge < -0.3 is 9.32 Å². The number of anilines is 1. The zero-order valence-electron chi connectivity index (χ0n) is 16.8. The Balaban J connectivity index is 2.13. The van der Waals surface area contributed by atoms with Gasteiger partial charge in [0.25, 0.3) is 0 Å². The van der Waals surface area contributed by atoms with Gasteiger partial charge in [0.15, 0.2) is 0 Å². The molecule has 0 unspecified atom stereocenters. The highest BCUT2D eigenvalue weighted by Gasteiger charge is 2.22. The zero-order valence-corrected chi connectivity index (χ0v) is 16.8. The van der Waals surface area contributed by atoms with Gasteiger partial charge in [-0.15, -0.1) is 0 Å². The standard InChI is InChI=1S/C24H25N2O2/c1-25(2)17-9-11-20-22(13-17)28-23-14-18(26(3)4)10-12-21(23)24(20)19-8-6-5-7-16(19)15-27/h7-15H,5-6H2,1-4H3/q+1. The second kappa shape index (κ2) is 7.12. The van der Waals surface area contributed by atoms with Crippen molar-refractivity contribution in [3.05, 3.63) is 65.0 Å². The molecule has 28 heavy (non-hydrogen) atoms. The first-order chi connectivity index (χ1) is 13.5. The van der Waals surface area contributed by atoms with Crippen LogP contribution in [0.5, 0.6) is 0 Å². The molecule has 142 valence electrons. The summed E-state index contributed by atoms with van der Waals surface area (Å²) in [6, 6.07) is 12.5. The van der Waals surface area contributed by atoms with Gasteiger partial charge in [-0.1, -0.05) is 12.2 Å². The summed E-state index contributed by atoms with van der Waals surface area (Å²) < 4.78 is 8.40. The van der Waals surface area contributed by atoms with Crippen LogP contribution >= 0.6 is 0 Å². The van der Waals surface area contributed by atoms with Gasteiger partial charge in [-0.2, -0.15) is 0 Å². The molecule has 0 bridgehead atoms. The van der Waals surface area contributed by atoms with Crippen LogP contribution in [-0.2, 0) is 4.79 Å². The van der Waals surface area contributed by atoms with Crippen molar-refractivity contribution in [3.63, 3.8) is 0 Å². The highest BCUT2D eigenvalue weighted by molar-refractivity contribution is 6.09. The Bertz CT molecular complexity index is 1170. The van der Waals surface area contributed by atoms with E-state index in [4.69, 9.17) is 4.42 Å². The van der Waals surface area contributed by atoms with Crippen molar-refractivity contribution in [1.82, 2.24) is 4.58 Å². The summed E-state index contributed by atoms with van der Waals surface area (Å²) >= 11 is 0. The van der Waals surface area contributed by atoms with Crippen molar-refractivity contribution in [3.8, 4) is 11.3 Å². The highest BCUT2D eigenvalue weighted by atomic mass is 16.3. The van der Waals surface area contributed by atoms with Crippen LogP contribution in [0, 0.1) is 0 Å². The molecule has 2 aliphatic carbocycles. The average molecular weight is 373 g/mol. The minimum absolute atomic E-state index is 0.758. The van der Waals surface area contributed by atoms with Crippen LogP contribution in [-0.4, -0.2) is 34.5 Å². The summed E-state index contributed by atoms with van der Waals surface area (Å²) in [6.45, 7) is 0. The molecule has 0 aromatic heterocycles. The third kappa shape index (κ3) is 3.05. The first kappa shape index (κ1) is 18.2. The predicted molar refractivity (Wildman–Crippen MR) is 116 cm³/mol. The lowest BCUT2D eigenvalue weighted by atomic mass is 9.86. The van der Waals surface area contributed by atoms with E-state index in [1.807, 2.05) is 34.3 Å². The largest absolute Gasteiger partial charge is 0.456 e. The van der Waals surface area contributed by atoms with Gasteiger partial charge in [0.05, 0.1) is 6.07 Å². The lowest BCUT2D eigenvalue weighted by Crippen LogP contribution is -2.21. The number of hydrogen-bond donors (Lipinski definition) is 0. The van der Waals surface area contributed by atoms with E-state index in [1.165, 1.54) is 0 Å². The lowest BCUT2D eigenvalue weighted by molar-refractivity contribution is -0.104. The monoisotopic (exact) mass is 373 g/mol. The van der Waals surface area contributed by atoms with E-state index >= 15 is 0 Å². The number of nitrogens with zero attached hydrogens (tertiary/aromatic N) is 2. The summed E-state index contributed by atoms with van der Waals surface area (Å²) in [7, 11) is 8.07. The van der Waals surface area contributed by atoms with Gasteiger partial charge in [-0.05, 0) is 36.6 Å². The molecule has 4 rings (SSSR count). The second-order valence-corrected chi connectivity index (χ2v) is 7.60. The topological polar surface area (TPSA) is 36.5 Å². The van der Waals surface area contributed by atoms with Gasteiger partial charge in [0.2, 0.25) is 5.36 Å². The van der Waals surface area contributed by atoms with Crippen molar-refractivity contribution < 1.29 is 9.21 Å². The van der Waals surface area contributed by atoms with Crippen molar-refractivity contribution in [2.24, 2.45) is 0 Å². The molecule has 0 atom stereocenters. The minimum Gasteiger partial charge on any atom is -0.456 e. The summed E-state index contributed by atoms with van der Waals surface area (Å²) in [5, 5.41) is 2.10. The van der Waals surface area contributed by atoms with Crippen molar-refractivity contribution in [2.45, 2.75) is 12.8 Å². The van der Waals surface area contributed by atoms with Crippen LogP contribution in [0.25, 0.3) is 27.9 Å². The first-order valence-electron chi connectivity index (χ1n) is 9.54. The summed E-state index contributed by atoms with van der Waals surface area (Å²) in [4.78, 5) is 13.8. The number of carbonyl (C=O) groups excluding carboxylic acids is 1. The molecule has 4 heteroatoms. The van der Waals surface area contributed by atoms with Crippen LogP contribution < -0.4 is 14.8 Å². The molecule has 4 nitrogen and oxygen atoms in total. The molecule has 1 aliphatic heterocycles.